The second kappa shape index (κ2) is 4.45. The minimum atomic E-state index is 0.165. The smallest absolute Gasteiger partial charge is 0.139 e. The average Bonchev–Trinajstić information content (AvgIpc) is 2.96. The number of hydrogen-bond donors (Lipinski definition) is 1. The molecule has 4 rings (SSSR count). The molecule has 5 heteroatoms. The van der Waals surface area contributed by atoms with E-state index in [1.807, 2.05) is 29.6 Å². The molecular weight excluding hydrogens is 270 g/mol. The summed E-state index contributed by atoms with van der Waals surface area (Å²) in [5.74, 6) is 2.48. The van der Waals surface area contributed by atoms with Gasteiger partial charge in [-0.3, -0.25) is 0 Å². The van der Waals surface area contributed by atoms with Crippen molar-refractivity contribution in [2.45, 2.75) is 12.3 Å². The van der Waals surface area contributed by atoms with Gasteiger partial charge in [0.15, 0.2) is 0 Å². The molecule has 1 atom stereocenters. The highest BCUT2D eigenvalue weighted by Crippen LogP contribution is 2.32. The van der Waals surface area contributed by atoms with E-state index in [1.165, 1.54) is 5.56 Å². The topological polar surface area (TPSA) is 61.0 Å². The van der Waals surface area contributed by atoms with Crippen LogP contribution in [0.4, 0.5) is 5.82 Å². The molecule has 0 spiro atoms. The number of ether oxygens (including phenoxy) is 1. The van der Waals surface area contributed by atoms with E-state index in [0.717, 1.165) is 28.2 Å². The minimum absolute atomic E-state index is 0.165. The summed E-state index contributed by atoms with van der Waals surface area (Å²) in [5.41, 5.74) is 7.22. The maximum absolute atomic E-state index is 6.02. The first-order valence-corrected chi connectivity index (χ1v) is 7.40. The standard InChI is InChI=1S/C15H13N3OS/c16-13-11-5-6-20-15(11)18-14(17-13)10-7-9-3-1-2-4-12(9)19-8-10/h1-6,10H,7-8H2,(H2,16,17,18). The van der Waals surface area contributed by atoms with E-state index in [1.54, 1.807) is 11.3 Å². The second-order valence-corrected chi connectivity index (χ2v) is 5.82. The predicted octanol–water partition coefficient (Wildman–Crippen LogP) is 2.99. The van der Waals surface area contributed by atoms with Crippen LogP contribution >= 0.6 is 11.3 Å². The lowest BCUT2D eigenvalue weighted by atomic mass is 9.96. The molecule has 0 saturated heterocycles. The molecule has 1 aliphatic rings. The molecule has 0 fully saturated rings. The highest BCUT2D eigenvalue weighted by molar-refractivity contribution is 7.16. The number of nitrogens with zero attached hydrogens (tertiary/aromatic N) is 2. The Morgan fingerprint density at radius 3 is 3.05 bits per heavy atom. The van der Waals surface area contributed by atoms with Crippen molar-refractivity contribution in [2.24, 2.45) is 0 Å². The lowest BCUT2D eigenvalue weighted by Crippen LogP contribution is -2.21. The van der Waals surface area contributed by atoms with E-state index in [0.29, 0.717) is 12.4 Å². The highest BCUT2D eigenvalue weighted by Gasteiger charge is 2.24. The second-order valence-electron chi connectivity index (χ2n) is 4.93. The third-order valence-electron chi connectivity index (χ3n) is 3.62. The molecule has 1 aromatic carbocycles. The zero-order chi connectivity index (χ0) is 13.5. The number of para-hydroxylation sites is 1. The fourth-order valence-electron chi connectivity index (χ4n) is 2.57. The Bertz CT molecular complexity index is 784. The van der Waals surface area contributed by atoms with Crippen LogP contribution in [0.15, 0.2) is 35.7 Å². The zero-order valence-electron chi connectivity index (χ0n) is 10.7. The van der Waals surface area contributed by atoms with Crippen molar-refractivity contribution in [1.29, 1.82) is 0 Å². The van der Waals surface area contributed by atoms with Gasteiger partial charge in [-0.05, 0) is 29.5 Å². The summed E-state index contributed by atoms with van der Waals surface area (Å²) < 4.78 is 5.81. The quantitative estimate of drug-likeness (QED) is 0.746. The summed E-state index contributed by atoms with van der Waals surface area (Å²) >= 11 is 1.59. The third-order valence-corrected chi connectivity index (χ3v) is 4.42. The number of aromatic nitrogens is 2. The molecule has 4 nitrogen and oxygen atoms in total. The average molecular weight is 283 g/mol. The van der Waals surface area contributed by atoms with E-state index in [9.17, 15) is 0 Å². The van der Waals surface area contributed by atoms with E-state index in [2.05, 4.69) is 16.0 Å². The summed E-state index contributed by atoms with van der Waals surface area (Å²) in [6, 6.07) is 10.1. The summed E-state index contributed by atoms with van der Waals surface area (Å²) in [6.45, 7) is 0.604. The number of thiophene rings is 1. The van der Waals surface area contributed by atoms with Gasteiger partial charge < -0.3 is 10.5 Å². The van der Waals surface area contributed by atoms with Gasteiger partial charge in [-0.25, -0.2) is 9.97 Å². The van der Waals surface area contributed by atoms with Crippen LogP contribution in [0, 0.1) is 0 Å². The Hall–Kier alpha value is -2.14. The van der Waals surface area contributed by atoms with Crippen LogP contribution in [0.1, 0.15) is 17.3 Å². The number of nitrogens with two attached hydrogens (primary N) is 1. The summed E-state index contributed by atoms with van der Waals surface area (Å²) in [6.07, 6.45) is 0.895. The maximum Gasteiger partial charge on any atom is 0.139 e. The minimum Gasteiger partial charge on any atom is -0.493 e. The Labute approximate surface area is 120 Å². The number of nitrogen functional groups attached to an aromatic ring is 1. The van der Waals surface area contributed by atoms with Crippen LogP contribution in [0.3, 0.4) is 0 Å². The van der Waals surface area contributed by atoms with Crippen LogP contribution in [-0.4, -0.2) is 16.6 Å². The molecule has 3 heterocycles. The summed E-state index contributed by atoms with van der Waals surface area (Å²) in [5, 5.41) is 2.93. The lowest BCUT2D eigenvalue weighted by molar-refractivity contribution is 0.258. The molecule has 0 bridgehead atoms. The largest absolute Gasteiger partial charge is 0.493 e. The number of rotatable bonds is 1. The SMILES string of the molecule is Nc1nc(C2COc3ccccc3C2)nc2sccc12. The Balaban J connectivity index is 1.74. The number of anilines is 1. The van der Waals surface area contributed by atoms with Gasteiger partial charge in [-0.1, -0.05) is 18.2 Å². The van der Waals surface area contributed by atoms with E-state index >= 15 is 0 Å². The third kappa shape index (κ3) is 1.82. The van der Waals surface area contributed by atoms with Gasteiger partial charge in [0.2, 0.25) is 0 Å². The van der Waals surface area contributed by atoms with Crippen molar-refractivity contribution in [3.8, 4) is 5.75 Å². The van der Waals surface area contributed by atoms with Crippen LogP contribution in [0.5, 0.6) is 5.75 Å². The number of hydrogen-bond acceptors (Lipinski definition) is 5. The van der Waals surface area contributed by atoms with E-state index in [-0.39, 0.29) is 5.92 Å². The molecule has 1 unspecified atom stereocenters. The van der Waals surface area contributed by atoms with Crippen molar-refractivity contribution in [1.82, 2.24) is 9.97 Å². The van der Waals surface area contributed by atoms with Gasteiger partial charge in [0, 0.05) is 0 Å². The molecule has 0 radical (unpaired) electrons. The molecule has 2 aromatic heterocycles. The number of fused-ring (bicyclic) bond motifs is 2. The highest BCUT2D eigenvalue weighted by atomic mass is 32.1. The van der Waals surface area contributed by atoms with Crippen molar-refractivity contribution in [3.63, 3.8) is 0 Å². The fourth-order valence-corrected chi connectivity index (χ4v) is 3.35. The van der Waals surface area contributed by atoms with Crippen LogP contribution in [0.25, 0.3) is 10.2 Å². The molecular formula is C15H13N3OS. The van der Waals surface area contributed by atoms with Crippen LogP contribution in [-0.2, 0) is 6.42 Å². The van der Waals surface area contributed by atoms with Gasteiger partial charge in [-0.15, -0.1) is 11.3 Å². The van der Waals surface area contributed by atoms with Crippen LogP contribution < -0.4 is 10.5 Å². The van der Waals surface area contributed by atoms with Crippen LogP contribution in [0.2, 0.25) is 0 Å². The first-order valence-electron chi connectivity index (χ1n) is 6.52. The Kier molecular flexibility index (Phi) is 2.60. The van der Waals surface area contributed by atoms with Crippen molar-refractivity contribution < 1.29 is 4.74 Å². The fraction of sp³-hybridized carbons (Fsp3) is 0.200. The summed E-state index contributed by atoms with van der Waals surface area (Å²) in [4.78, 5) is 10.1. The lowest BCUT2D eigenvalue weighted by Gasteiger charge is -2.24. The van der Waals surface area contributed by atoms with Crippen molar-refractivity contribution >= 4 is 27.4 Å². The van der Waals surface area contributed by atoms with Gasteiger partial charge >= 0.3 is 0 Å². The van der Waals surface area contributed by atoms with Crippen molar-refractivity contribution in [3.05, 3.63) is 47.1 Å². The zero-order valence-corrected chi connectivity index (χ0v) is 11.6. The maximum atomic E-state index is 6.02. The molecule has 1 aliphatic heterocycles. The van der Waals surface area contributed by atoms with E-state index < -0.39 is 0 Å². The first kappa shape index (κ1) is 11.7. The molecule has 100 valence electrons. The first-order chi connectivity index (χ1) is 9.81. The predicted molar refractivity (Wildman–Crippen MR) is 80.2 cm³/mol. The Morgan fingerprint density at radius 1 is 1.20 bits per heavy atom. The van der Waals surface area contributed by atoms with Crippen molar-refractivity contribution in [2.75, 3.05) is 12.3 Å². The molecule has 3 aromatic rings. The van der Waals surface area contributed by atoms with Gasteiger partial charge in [0.25, 0.3) is 0 Å². The van der Waals surface area contributed by atoms with Gasteiger partial charge in [-0.2, -0.15) is 0 Å². The monoisotopic (exact) mass is 283 g/mol. The van der Waals surface area contributed by atoms with Gasteiger partial charge in [0.05, 0.1) is 17.9 Å². The Morgan fingerprint density at radius 2 is 2.10 bits per heavy atom. The molecule has 2 N–H and O–H groups in total. The van der Waals surface area contributed by atoms with E-state index in [4.69, 9.17) is 10.5 Å². The van der Waals surface area contributed by atoms with Gasteiger partial charge in [0.1, 0.15) is 22.2 Å². The molecule has 0 amide bonds. The molecule has 0 aliphatic carbocycles. The number of benzene rings is 1. The summed E-state index contributed by atoms with van der Waals surface area (Å²) in [7, 11) is 0. The normalized spacial score (nSPS) is 17.7. The molecule has 0 saturated carbocycles. The molecule has 20 heavy (non-hydrogen) atoms.